The number of rotatable bonds is 13. The average Bonchev–Trinajstić information content (AvgIpc) is 3.33. The number of hydrogen-bond donors (Lipinski definition) is 1. The summed E-state index contributed by atoms with van der Waals surface area (Å²) >= 11 is 0. The van der Waals surface area contributed by atoms with Crippen molar-refractivity contribution in [3.63, 3.8) is 0 Å². The largest absolute Gasteiger partial charge is 0.344 e. The third-order valence-electron chi connectivity index (χ3n) is 9.43. The number of likely N-dealkylation sites (N-methyl/N-ethyl adjacent to an activating group) is 1. The fourth-order valence-corrected chi connectivity index (χ4v) is 7.21. The second kappa shape index (κ2) is 14.1. The first-order chi connectivity index (χ1) is 21.6. The third-order valence-corrected chi connectivity index (χ3v) is 10.3. The van der Waals surface area contributed by atoms with Crippen molar-refractivity contribution in [2.75, 3.05) is 18.0 Å². The highest BCUT2D eigenvalue weighted by molar-refractivity contribution is 7.85. The van der Waals surface area contributed by atoms with Gasteiger partial charge >= 0.3 is 0 Å². The van der Waals surface area contributed by atoms with E-state index in [0.717, 1.165) is 49.3 Å². The Balaban J connectivity index is 1.53. The predicted molar refractivity (Wildman–Crippen MR) is 190 cm³/mol. The molecule has 0 radical (unpaired) electrons. The second-order valence-electron chi connectivity index (χ2n) is 13.8. The highest BCUT2D eigenvalue weighted by atomic mass is 32.2. The molecule has 0 spiro atoms. The number of fused-ring (bicyclic) bond motifs is 2. The van der Waals surface area contributed by atoms with E-state index in [4.69, 9.17) is 0 Å². The number of carbonyl (C=O) groups excluding carboxylic acids is 1. The van der Waals surface area contributed by atoms with Crippen LogP contribution in [0.2, 0.25) is 0 Å². The number of allylic oxidation sites excluding steroid dienone is 8. The van der Waals surface area contributed by atoms with Crippen LogP contribution in [0.3, 0.4) is 0 Å². The molecule has 0 unspecified atom stereocenters. The van der Waals surface area contributed by atoms with Gasteiger partial charge in [-0.05, 0) is 70.4 Å². The van der Waals surface area contributed by atoms with Crippen molar-refractivity contribution in [2.45, 2.75) is 96.8 Å². The van der Waals surface area contributed by atoms with E-state index in [1.54, 1.807) is 12.1 Å². The van der Waals surface area contributed by atoms with Crippen LogP contribution in [-0.4, -0.2) is 42.1 Å². The van der Waals surface area contributed by atoms with E-state index in [1.165, 1.54) is 28.6 Å². The maximum atomic E-state index is 12.1. The van der Waals surface area contributed by atoms with Gasteiger partial charge in [-0.25, -0.2) is 0 Å². The summed E-state index contributed by atoms with van der Waals surface area (Å²) in [4.78, 5) is 14.4. The van der Waals surface area contributed by atoms with Crippen molar-refractivity contribution in [1.29, 1.82) is 0 Å². The second-order valence-corrected chi connectivity index (χ2v) is 15.2. The standard InChI is InChI=1S/C39H50N2O4S/c1-9-40-33-23-21-29(4)26-31(33)38(5,6)36(40)19-15-11-10-12-16-20-37-39(7,8)32-27-30(46(43,44)45)22-24-34(32)41(37)25-17-13-14-18-35(42)28(2)3/h10-12,15-16,19-24,26-28H,9,13-14,17-18,25H2,1-8H3/p+1. The quantitative estimate of drug-likeness (QED) is 0.102. The van der Waals surface area contributed by atoms with Crippen molar-refractivity contribution in [3.05, 3.63) is 101 Å². The van der Waals surface area contributed by atoms with Gasteiger partial charge in [0.15, 0.2) is 5.71 Å². The van der Waals surface area contributed by atoms with Crippen LogP contribution in [0.4, 0.5) is 11.4 Å². The molecule has 2 heterocycles. The van der Waals surface area contributed by atoms with E-state index >= 15 is 0 Å². The van der Waals surface area contributed by atoms with Crippen molar-refractivity contribution < 1.29 is 22.3 Å². The highest BCUT2D eigenvalue weighted by Gasteiger charge is 2.44. The van der Waals surface area contributed by atoms with Gasteiger partial charge in [0.2, 0.25) is 5.69 Å². The number of anilines is 1. The molecule has 2 aliphatic rings. The van der Waals surface area contributed by atoms with Gasteiger partial charge in [-0.1, -0.05) is 75.8 Å². The third kappa shape index (κ3) is 7.37. The molecule has 46 heavy (non-hydrogen) atoms. The Morgan fingerprint density at radius 1 is 0.913 bits per heavy atom. The van der Waals surface area contributed by atoms with Crippen LogP contribution < -0.4 is 4.90 Å². The maximum Gasteiger partial charge on any atom is 0.294 e. The average molecular weight is 644 g/mol. The lowest BCUT2D eigenvalue weighted by Gasteiger charge is -2.25. The molecule has 4 rings (SSSR count). The van der Waals surface area contributed by atoms with Crippen LogP contribution in [0.5, 0.6) is 0 Å². The lowest BCUT2D eigenvalue weighted by molar-refractivity contribution is -0.438. The molecular weight excluding hydrogens is 593 g/mol. The van der Waals surface area contributed by atoms with E-state index in [9.17, 15) is 17.8 Å². The molecule has 6 nitrogen and oxygen atoms in total. The van der Waals surface area contributed by atoms with Crippen molar-refractivity contribution in [1.82, 2.24) is 0 Å². The molecule has 0 fully saturated rings. The Hall–Kier alpha value is -3.55. The van der Waals surface area contributed by atoms with Crippen LogP contribution in [0.1, 0.15) is 90.8 Å². The molecule has 0 saturated heterocycles. The number of benzene rings is 2. The van der Waals surface area contributed by atoms with Gasteiger partial charge in [-0.2, -0.15) is 13.0 Å². The van der Waals surface area contributed by atoms with Gasteiger partial charge in [0.25, 0.3) is 10.1 Å². The molecule has 7 heteroatoms. The van der Waals surface area contributed by atoms with Crippen LogP contribution >= 0.6 is 0 Å². The van der Waals surface area contributed by atoms with Crippen molar-refractivity contribution >= 4 is 33.0 Å². The molecule has 2 aromatic carbocycles. The van der Waals surface area contributed by atoms with Gasteiger partial charge < -0.3 is 4.90 Å². The molecule has 2 aromatic rings. The monoisotopic (exact) mass is 643 g/mol. The number of carbonyl (C=O) groups is 1. The summed E-state index contributed by atoms with van der Waals surface area (Å²) in [6, 6.07) is 11.6. The first-order valence-electron chi connectivity index (χ1n) is 16.5. The normalized spacial score (nSPS) is 18.2. The van der Waals surface area contributed by atoms with E-state index in [0.29, 0.717) is 12.2 Å². The molecule has 0 aliphatic carbocycles. The van der Waals surface area contributed by atoms with Gasteiger partial charge in [0, 0.05) is 59.8 Å². The summed E-state index contributed by atoms with van der Waals surface area (Å²) in [7, 11) is -4.32. The number of nitrogens with zero attached hydrogens (tertiary/aromatic N) is 2. The first-order valence-corrected chi connectivity index (χ1v) is 17.9. The summed E-state index contributed by atoms with van der Waals surface area (Å²) < 4.78 is 35.9. The summed E-state index contributed by atoms with van der Waals surface area (Å²) in [6.07, 6.45) is 17.8. The number of unbranched alkanes of at least 4 members (excludes halogenated alkanes) is 2. The van der Waals surface area contributed by atoms with Gasteiger partial charge in [-0.3, -0.25) is 9.35 Å². The minimum absolute atomic E-state index is 0.0648. The smallest absolute Gasteiger partial charge is 0.294 e. The minimum Gasteiger partial charge on any atom is -0.344 e. The number of Topliss-reactive ketones (excluding diaryl/α,β-unsaturated/α-hetero) is 1. The summed E-state index contributed by atoms with van der Waals surface area (Å²) in [5, 5.41) is 0. The molecule has 0 atom stereocenters. The molecular formula is C39H51N2O4S+. The highest BCUT2D eigenvalue weighted by Crippen LogP contribution is 2.48. The van der Waals surface area contributed by atoms with Crippen LogP contribution in [0.25, 0.3) is 0 Å². The number of hydrogen-bond acceptors (Lipinski definition) is 4. The Morgan fingerprint density at radius 3 is 2.28 bits per heavy atom. The molecule has 1 N–H and O–H groups in total. The van der Waals surface area contributed by atoms with Gasteiger partial charge in [0.1, 0.15) is 12.3 Å². The SMILES string of the molecule is CCN1C(=CC=CC=CC=CC2=[N+](CCCCCC(=O)C(C)C)c3ccc(S(=O)(=O)O)cc3C2(C)C)C(C)(C)c2cc(C)ccc21. The van der Waals surface area contributed by atoms with E-state index in [1.807, 2.05) is 38.2 Å². The number of aryl methyl sites for hydroxylation is 1. The zero-order valence-corrected chi connectivity index (χ0v) is 29.6. The lowest BCUT2D eigenvalue weighted by atomic mass is 9.81. The Labute approximate surface area is 276 Å². The summed E-state index contributed by atoms with van der Waals surface area (Å²) in [5.41, 5.74) is 7.52. The van der Waals surface area contributed by atoms with E-state index < -0.39 is 15.5 Å². The van der Waals surface area contributed by atoms with Gasteiger partial charge in [-0.15, -0.1) is 0 Å². The fraction of sp³-hybridized carbons (Fsp3) is 0.436. The van der Waals surface area contributed by atoms with Crippen molar-refractivity contribution in [2.24, 2.45) is 5.92 Å². The fourth-order valence-electron chi connectivity index (χ4n) is 6.71. The predicted octanol–water partition coefficient (Wildman–Crippen LogP) is 8.77. The van der Waals surface area contributed by atoms with Gasteiger partial charge in [0.05, 0.1) is 10.3 Å². The summed E-state index contributed by atoms with van der Waals surface area (Å²) in [5.74, 6) is 0.363. The minimum atomic E-state index is -4.32. The van der Waals surface area contributed by atoms with Crippen LogP contribution in [0, 0.1) is 12.8 Å². The van der Waals surface area contributed by atoms with E-state index in [2.05, 4.69) is 87.4 Å². The topological polar surface area (TPSA) is 77.7 Å². The zero-order valence-electron chi connectivity index (χ0n) is 28.8. The molecule has 0 bridgehead atoms. The Morgan fingerprint density at radius 2 is 1.61 bits per heavy atom. The first kappa shape index (κ1) is 35.3. The molecule has 0 aromatic heterocycles. The van der Waals surface area contributed by atoms with Crippen LogP contribution in [-0.2, 0) is 25.7 Å². The number of ketones is 1. The molecule has 246 valence electrons. The Kier molecular flexibility index (Phi) is 10.8. The lowest BCUT2D eigenvalue weighted by Crippen LogP contribution is -2.28. The summed E-state index contributed by atoms with van der Waals surface area (Å²) in [6.45, 7) is 18.6. The van der Waals surface area contributed by atoms with Crippen molar-refractivity contribution in [3.8, 4) is 0 Å². The maximum absolute atomic E-state index is 12.1. The Bertz CT molecular complexity index is 1740. The van der Waals surface area contributed by atoms with Crippen LogP contribution in [0.15, 0.2) is 89.5 Å². The van der Waals surface area contributed by atoms with E-state index in [-0.39, 0.29) is 16.2 Å². The molecule has 2 aliphatic heterocycles. The molecule has 0 saturated carbocycles. The molecule has 0 amide bonds. The zero-order chi connectivity index (χ0) is 33.9.